The second-order valence-corrected chi connectivity index (χ2v) is 3.98. The molecule has 0 heterocycles. The van der Waals surface area contributed by atoms with E-state index in [1.54, 1.807) is 6.92 Å². The number of carbonyl (C=O) groups is 1. The fourth-order valence-electron chi connectivity index (χ4n) is 1.21. The molecule has 0 amide bonds. The minimum absolute atomic E-state index is 0.321. The molecule has 0 radical (unpaired) electrons. The molecule has 0 aliphatic rings. The summed E-state index contributed by atoms with van der Waals surface area (Å²) in [6.45, 7) is 12.3. The lowest BCUT2D eigenvalue weighted by molar-refractivity contribution is -0.117. The smallest absolute Gasteiger partial charge is 0.130 e. The second kappa shape index (κ2) is 9.76. The summed E-state index contributed by atoms with van der Waals surface area (Å²) in [4.78, 5) is 10.7. The Balaban J connectivity index is 0. The summed E-state index contributed by atoms with van der Waals surface area (Å²) < 4.78 is 0. The molecule has 1 nitrogen and oxygen atoms in total. The highest BCUT2D eigenvalue weighted by atomic mass is 16.1. The van der Waals surface area contributed by atoms with Crippen LogP contribution < -0.4 is 0 Å². The Kier molecular flexibility index (Phi) is 11.4. The lowest BCUT2D eigenvalue weighted by Crippen LogP contribution is -2.02. The lowest BCUT2D eigenvalue weighted by atomic mass is 9.95. The number of Topliss-reactive ketones (excluding diaryl/α,β-unsaturated/α-hetero) is 1. The minimum atomic E-state index is 0.321. The van der Waals surface area contributed by atoms with Gasteiger partial charge >= 0.3 is 0 Å². The van der Waals surface area contributed by atoms with Crippen molar-refractivity contribution in [3.8, 4) is 0 Å². The Morgan fingerprint density at radius 3 is 1.85 bits per heavy atom. The van der Waals surface area contributed by atoms with Gasteiger partial charge < -0.3 is 4.79 Å². The lowest BCUT2D eigenvalue weighted by Gasteiger charge is -2.10. The van der Waals surface area contributed by atoms with Crippen molar-refractivity contribution in [1.29, 1.82) is 0 Å². The van der Waals surface area contributed by atoms with Gasteiger partial charge in [0.05, 0.1) is 0 Å². The molecule has 80 valence electrons. The van der Waals surface area contributed by atoms with Crippen LogP contribution in [-0.4, -0.2) is 5.78 Å². The Bertz CT molecular complexity index is 116. The average molecular weight is 186 g/mol. The van der Waals surface area contributed by atoms with Gasteiger partial charge in [0.15, 0.2) is 0 Å². The third-order valence-corrected chi connectivity index (χ3v) is 1.87. The fraction of sp³-hybridized carbons (Fsp3) is 0.917. The van der Waals surface area contributed by atoms with E-state index in [9.17, 15) is 4.79 Å². The van der Waals surface area contributed by atoms with Crippen LogP contribution in [0.3, 0.4) is 0 Å². The Morgan fingerprint density at radius 1 is 1.08 bits per heavy atom. The predicted molar refractivity (Wildman–Crippen MR) is 59.9 cm³/mol. The molecule has 0 rings (SSSR count). The van der Waals surface area contributed by atoms with Gasteiger partial charge in [-0.05, 0) is 18.8 Å². The van der Waals surface area contributed by atoms with Gasteiger partial charge in [0, 0.05) is 6.42 Å². The van der Waals surface area contributed by atoms with E-state index in [0.717, 1.165) is 12.3 Å². The predicted octanol–water partition coefficient (Wildman–Crippen LogP) is 4.06. The minimum Gasteiger partial charge on any atom is -0.300 e. The maximum atomic E-state index is 10.7. The van der Waals surface area contributed by atoms with Gasteiger partial charge in [0.1, 0.15) is 5.78 Å². The highest BCUT2D eigenvalue weighted by Gasteiger charge is 2.05. The maximum absolute atomic E-state index is 10.7. The summed E-state index contributed by atoms with van der Waals surface area (Å²) in [6, 6.07) is 0. The third kappa shape index (κ3) is 14.5. The van der Waals surface area contributed by atoms with Crippen molar-refractivity contribution in [2.45, 2.75) is 60.8 Å². The first kappa shape index (κ1) is 15.2. The monoisotopic (exact) mass is 186 g/mol. The van der Waals surface area contributed by atoms with Crippen molar-refractivity contribution >= 4 is 5.78 Å². The molecule has 0 bridgehead atoms. The van der Waals surface area contributed by atoms with Crippen LogP contribution in [-0.2, 0) is 4.79 Å². The van der Waals surface area contributed by atoms with E-state index in [-0.39, 0.29) is 0 Å². The molecule has 1 heteroatoms. The average Bonchev–Trinajstić information content (AvgIpc) is 2.03. The van der Waals surface area contributed by atoms with E-state index in [0.29, 0.717) is 11.7 Å². The molecule has 0 spiro atoms. The molecule has 0 aliphatic carbocycles. The van der Waals surface area contributed by atoms with Crippen molar-refractivity contribution in [2.24, 2.45) is 11.8 Å². The summed E-state index contributed by atoms with van der Waals surface area (Å²) in [5.74, 6) is 1.67. The van der Waals surface area contributed by atoms with Crippen LogP contribution in [0.1, 0.15) is 60.8 Å². The second-order valence-electron chi connectivity index (χ2n) is 3.98. The van der Waals surface area contributed by atoms with Crippen molar-refractivity contribution in [3.05, 3.63) is 0 Å². The summed E-state index contributed by atoms with van der Waals surface area (Å²) in [5.41, 5.74) is 0. The summed E-state index contributed by atoms with van der Waals surface area (Å²) in [5, 5.41) is 0. The molecule has 1 atom stereocenters. The van der Waals surface area contributed by atoms with E-state index in [1.807, 2.05) is 13.8 Å². The molecule has 0 aromatic carbocycles. The first-order valence-corrected chi connectivity index (χ1v) is 5.51. The highest BCUT2D eigenvalue weighted by Crippen LogP contribution is 2.14. The molecule has 13 heavy (non-hydrogen) atoms. The van der Waals surface area contributed by atoms with Crippen LogP contribution in [0.25, 0.3) is 0 Å². The van der Waals surface area contributed by atoms with Gasteiger partial charge in [-0.15, -0.1) is 0 Å². The molecule has 0 aliphatic heterocycles. The van der Waals surface area contributed by atoms with Crippen LogP contribution >= 0.6 is 0 Å². The van der Waals surface area contributed by atoms with Crippen LogP contribution in [0, 0.1) is 11.8 Å². The van der Waals surface area contributed by atoms with Crippen molar-refractivity contribution in [2.75, 3.05) is 0 Å². The van der Waals surface area contributed by atoms with E-state index < -0.39 is 0 Å². The number of carbonyl (C=O) groups excluding carboxylic acids is 1. The molecule has 1 unspecified atom stereocenters. The normalized spacial score (nSPS) is 11.9. The van der Waals surface area contributed by atoms with Gasteiger partial charge in [-0.3, -0.25) is 0 Å². The van der Waals surface area contributed by atoms with Crippen LogP contribution in [0.15, 0.2) is 0 Å². The van der Waals surface area contributed by atoms with Crippen molar-refractivity contribution < 1.29 is 4.79 Å². The van der Waals surface area contributed by atoms with Gasteiger partial charge in [-0.1, -0.05) is 47.5 Å². The molecule has 0 saturated carbocycles. The topological polar surface area (TPSA) is 17.1 Å². The highest BCUT2D eigenvalue weighted by molar-refractivity contribution is 5.75. The number of hydrogen-bond acceptors (Lipinski definition) is 1. The fourth-order valence-corrected chi connectivity index (χ4v) is 1.21. The summed E-state index contributed by atoms with van der Waals surface area (Å²) >= 11 is 0. The zero-order chi connectivity index (χ0) is 10.9. The third-order valence-electron chi connectivity index (χ3n) is 1.87. The SMILES string of the molecule is CC.CC(=O)CC(C)CCC(C)C. The van der Waals surface area contributed by atoms with Gasteiger partial charge in [0.25, 0.3) is 0 Å². The van der Waals surface area contributed by atoms with Gasteiger partial charge in [-0.25, -0.2) is 0 Å². The van der Waals surface area contributed by atoms with E-state index in [1.165, 1.54) is 12.8 Å². The van der Waals surface area contributed by atoms with Gasteiger partial charge in [0.2, 0.25) is 0 Å². The zero-order valence-electron chi connectivity index (χ0n) is 10.2. The number of ketones is 1. The summed E-state index contributed by atoms with van der Waals surface area (Å²) in [7, 11) is 0. The molecule has 0 aromatic heterocycles. The standard InChI is InChI=1S/C10H20O.C2H6/c1-8(2)5-6-9(3)7-10(4)11;1-2/h8-9H,5-7H2,1-4H3;1-2H3. The van der Waals surface area contributed by atoms with Crippen LogP contribution in [0.5, 0.6) is 0 Å². The number of hydrogen-bond donors (Lipinski definition) is 0. The first-order valence-electron chi connectivity index (χ1n) is 5.51. The first-order chi connectivity index (χ1) is 6.02. The molecular formula is C12H26O. The molecule has 0 saturated heterocycles. The van der Waals surface area contributed by atoms with Crippen LogP contribution in [0.4, 0.5) is 0 Å². The number of rotatable bonds is 5. The summed E-state index contributed by atoms with van der Waals surface area (Å²) in [6.07, 6.45) is 3.19. The van der Waals surface area contributed by atoms with E-state index in [4.69, 9.17) is 0 Å². The van der Waals surface area contributed by atoms with Crippen molar-refractivity contribution in [1.82, 2.24) is 0 Å². The Morgan fingerprint density at radius 2 is 1.54 bits per heavy atom. The molecule has 0 fully saturated rings. The molecule has 0 aromatic rings. The maximum Gasteiger partial charge on any atom is 0.130 e. The van der Waals surface area contributed by atoms with E-state index >= 15 is 0 Å². The Hall–Kier alpha value is -0.330. The van der Waals surface area contributed by atoms with E-state index in [2.05, 4.69) is 20.8 Å². The molecular weight excluding hydrogens is 160 g/mol. The Labute approximate surface area is 83.9 Å². The van der Waals surface area contributed by atoms with Gasteiger partial charge in [-0.2, -0.15) is 0 Å². The zero-order valence-corrected chi connectivity index (χ0v) is 10.2. The van der Waals surface area contributed by atoms with Crippen LogP contribution in [0.2, 0.25) is 0 Å². The van der Waals surface area contributed by atoms with Crippen molar-refractivity contribution in [3.63, 3.8) is 0 Å². The quantitative estimate of drug-likeness (QED) is 0.632. The molecule has 0 N–H and O–H groups in total. The largest absolute Gasteiger partial charge is 0.300 e.